The number of nitrogens with zero attached hydrogens (tertiary/aromatic N) is 1. The summed E-state index contributed by atoms with van der Waals surface area (Å²) >= 11 is 5.79. The Labute approximate surface area is 182 Å². The van der Waals surface area contributed by atoms with E-state index in [9.17, 15) is 4.79 Å². The highest BCUT2D eigenvalue weighted by molar-refractivity contribution is 7.80. The van der Waals surface area contributed by atoms with Gasteiger partial charge in [-0.2, -0.15) is 0 Å². The lowest BCUT2D eigenvalue weighted by Crippen LogP contribution is -2.48. The zero-order chi connectivity index (χ0) is 20.9. The Kier molecular flexibility index (Phi) is 6.89. The second kappa shape index (κ2) is 9.79. The molecule has 1 unspecified atom stereocenters. The lowest BCUT2D eigenvalue weighted by atomic mass is 9.94. The second-order valence-corrected chi connectivity index (χ2v) is 8.70. The van der Waals surface area contributed by atoms with Crippen LogP contribution in [0.1, 0.15) is 50.5 Å². The van der Waals surface area contributed by atoms with E-state index in [-0.39, 0.29) is 11.7 Å². The maximum absolute atomic E-state index is 12.8. The van der Waals surface area contributed by atoms with Gasteiger partial charge in [-0.25, -0.2) is 0 Å². The van der Waals surface area contributed by atoms with Crippen LogP contribution in [0.4, 0.5) is 0 Å². The molecule has 30 heavy (non-hydrogen) atoms. The summed E-state index contributed by atoms with van der Waals surface area (Å²) in [7, 11) is 1.63. The van der Waals surface area contributed by atoms with Gasteiger partial charge in [-0.3, -0.25) is 4.79 Å². The third-order valence-electron chi connectivity index (χ3n) is 6.25. The van der Waals surface area contributed by atoms with Gasteiger partial charge in [0, 0.05) is 30.8 Å². The molecule has 4 rings (SSSR count). The molecule has 2 fully saturated rings. The predicted molar refractivity (Wildman–Crippen MR) is 123 cm³/mol. The van der Waals surface area contributed by atoms with E-state index in [4.69, 9.17) is 21.7 Å². The van der Waals surface area contributed by atoms with Gasteiger partial charge in [-0.05, 0) is 61.5 Å². The zero-order valence-electron chi connectivity index (χ0n) is 17.6. The fraction of sp³-hybridized carbons (Fsp3) is 0.565. The lowest BCUT2D eigenvalue weighted by molar-refractivity contribution is 0.112. The Morgan fingerprint density at radius 2 is 2.07 bits per heavy atom. The number of fused-ring (bicyclic) bond motifs is 1. The molecular weight excluding hydrogens is 398 g/mol. The fourth-order valence-electron chi connectivity index (χ4n) is 4.52. The quantitative estimate of drug-likeness (QED) is 0.682. The van der Waals surface area contributed by atoms with E-state index >= 15 is 0 Å². The molecule has 0 spiro atoms. The molecule has 7 heteroatoms. The van der Waals surface area contributed by atoms with Gasteiger partial charge in [0.2, 0.25) is 0 Å². The molecule has 1 saturated carbocycles. The Morgan fingerprint density at radius 1 is 1.23 bits per heavy atom. The number of hydrogen-bond donors (Lipinski definition) is 2. The number of aromatic nitrogens is 1. The summed E-state index contributed by atoms with van der Waals surface area (Å²) in [5, 5.41) is 5.14. The molecule has 1 aliphatic carbocycles. The van der Waals surface area contributed by atoms with Gasteiger partial charge in [0.1, 0.15) is 5.75 Å². The summed E-state index contributed by atoms with van der Waals surface area (Å²) in [5.74, 6) is 0.731. The van der Waals surface area contributed by atoms with Gasteiger partial charge in [-0.1, -0.05) is 19.3 Å². The Morgan fingerprint density at radius 3 is 2.80 bits per heavy atom. The Balaban J connectivity index is 1.54. The zero-order valence-corrected chi connectivity index (χ0v) is 18.4. The van der Waals surface area contributed by atoms with E-state index in [0.717, 1.165) is 66.2 Å². The summed E-state index contributed by atoms with van der Waals surface area (Å²) in [6.45, 7) is 2.08. The number of nitrogens with one attached hydrogen (secondary N) is 2. The first-order chi connectivity index (χ1) is 14.6. The van der Waals surface area contributed by atoms with Crippen LogP contribution in [-0.2, 0) is 11.3 Å². The SMILES string of the molecule is COc1ccc2cc(CN(C(=S)NCC3CCCO3)C3CCCCC3)c(=O)[nH]c2c1. The van der Waals surface area contributed by atoms with Crippen molar-refractivity contribution in [3.8, 4) is 5.75 Å². The van der Waals surface area contributed by atoms with Crippen LogP contribution in [0.2, 0.25) is 0 Å². The molecule has 1 atom stereocenters. The molecule has 2 aromatic rings. The van der Waals surface area contributed by atoms with E-state index in [1.54, 1.807) is 7.11 Å². The highest BCUT2D eigenvalue weighted by atomic mass is 32.1. The molecule has 0 amide bonds. The molecule has 2 heterocycles. The number of hydrogen-bond acceptors (Lipinski definition) is 4. The average Bonchev–Trinajstić information content (AvgIpc) is 3.30. The van der Waals surface area contributed by atoms with Gasteiger partial charge < -0.3 is 24.7 Å². The third-order valence-corrected chi connectivity index (χ3v) is 6.63. The van der Waals surface area contributed by atoms with E-state index in [1.807, 2.05) is 24.3 Å². The van der Waals surface area contributed by atoms with Crippen molar-refractivity contribution in [2.24, 2.45) is 0 Å². The van der Waals surface area contributed by atoms with Crippen molar-refractivity contribution >= 4 is 28.2 Å². The van der Waals surface area contributed by atoms with Crippen LogP contribution >= 0.6 is 12.2 Å². The van der Waals surface area contributed by atoms with Crippen molar-refractivity contribution in [1.82, 2.24) is 15.2 Å². The molecule has 1 aliphatic heterocycles. The van der Waals surface area contributed by atoms with E-state index in [0.29, 0.717) is 12.6 Å². The number of aromatic amines is 1. The summed E-state index contributed by atoms with van der Waals surface area (Å²) < 4.78 is 11.0. The Bertz CT molecular complexity index is 933. The van der Waals surface area contributed by atoms with Crippen molar-refractivity contribution in [3.05, 3.63) is 40.2 Å². The number of rotatable bonds is 6. The van der Waals surface area contributed by atoms with Crippen LogP contribution in [0.25, 0.3) is 10.9 Å². The maximum atomic E-state index is 12.8. The minimum Gasteiger partial charge on any atom is -0.497 e. The minimum atomic E-state index is -0.0708. The lowest BCUT2D eigenvalue weighted by Gasteiger charge is -2.36. The predicted octanol–water partition coefficient (Wildman–Crippen LogP) is 3.72. The number of benzene rings is 1. The van der Waals surface area contributed by atoms with Crippen LogP contribution in [0.3, 0.4) is 0 Å². The first-order valence-electron chi connectivity index (χ1n) is 11.0. The standard InChI is InChI=1S/C23H31N3O3S/c1-28-19-10-9-16-12-17(22(27)25-21(16)13-19)15-26(18-6-3-2-4-7-18)23(30)24-14-20-8-5-11-29-20/h9-10,12-13,18,20H,2-8,11,14-15H2,1H3,(H,24,30)(H,25,27). The summed E-state index contributed by atoms with van der Waals surface area (Å²) in [5.41, 5.74) is 1.45. The third kappa shape index (κ3) is 4.95. The smallest absolute Gasteiger partial charge is 0.253 e. The van der Waals surface area contributed by atoms with Crippen molar-refractivity contribution in [2.75, 3.05) is 20.3 Å². The largest absolute Gasteiger partial charge is 0.497 e. The number of pyridine rings is 1. The fourth-order valence-corrected chi connectivity index (χ4v) is 4.82. The molecule has 2 N–H and O–H groups in total. The van der Waals surface area contributed by atoms with Gasteiger partial charge in [0.25, 0.3) is 5.56 Å². The average molecular weight is 430 g/mol. The summed E-state index contributed by atoms with van der Waals surface area (Å²) in [6.07, 6.45) is 8.35. The monoisotopic (exact) mass is 429 g/mol. The van der Waals surface area contributed by atoms with E-state index < -0.39 is 0 Å². The van der Waals surface area contributed by atoms with Crippen molar-refractivity contribution in [3.63, 3.8) is 0 Å². The van der Waals surface area contributed by atoms with Gasteiger partial charge in [0.15, 0.2) is 5.11 Å². The van der Waals surface area contributed by atoms with Crippen LogP contribution in [0.5, 0.6) is 5.75 Å². The van der Waals surface area contributed by atoms with Crippen LogP contribution in [0.15, 0.2) is 29.1 Å². The van der Waals surface area contributed by atoms with Crippen LogP contribution < -0.4 is 15.6 Å². The maximum Gasteiger partial charge on any atom is 0.253 e. The molecule has 2 aliphatic rings. The topological polar surface area (TPSA) is 66.6 Å². The van der Waals surface area contributed by atoms with Crippen LogP contribution in [0, 0.1) is 0 Å². The van der Waals surface area contributed by atoms with Crippen molar-refractivity contribution in [2.45, 2.75) is 63.6 Å². The highest BCUT2D eigenvalue weighted by Gasteiger charge is 2.25. The number of thiocarbonyl (C=S) groups is 1. The minimum absolute atomic E-state index is 0.0708. The molecule has 162 valence electrons. The molecule has 1 aromatic heterocycles. The molecule has 1 saturated heterocycles. The molecule has 0 bridgehead atoms. The van der Waals surface area contributed by atoms with Crippen molar-refractivity contribution in [1.29, 1.82) is 0 Å². The molecule has 0 radical (unpaired) electrons. The molecule has 6 nitrogen and oxygen atoms in total. The first kappa shape index (κ1) is 21.1. The van der Waals surface area contributed by atoms with E-state index in [2.05, 4.69) is 15.2 Å². The highest BCUT2D eigenvalue weighted by Crippen LogP contribution is 2.25. The first-order valence-corrected chi connectivity index (χ1v) is 11.4. The van der Waals surface area contributed by atoms with Gasteiger partial charge >= 0.3 is 0 Å². The number of methoxy groups -OCH3 is 1. The molecular formula is C23H31N3O3S. The van der Waals surface area contributed by atoms with Gasteiger partial charge in [0.05, 0.1) is 25.3 Å². The number of H-pyrrole nitrogens is 1. The molecule has 1 aromatic carbocycles. The summed E-state index contributed by atoms with van der Waals surface area (Å²) in [4.78, 5) is 18.1. The normalized spacial score (nSPS) is 19.7. The second-order valence-electron chi connectivity index (χ2n) is 8.32. The number of ether oxygens (including phenoxy) is 2. The van der Waals surface area contributed by atoms with Gasteiger partial charge in [-0.15, -0.1) is 0 Å². The van der Waals surface area contributed by atoms with Crippen LogP contribution in [-0.4, -0.2) is 47.4 Å². The Hall–Kier alpha value is -2.12. The van der Waals surface area contributed by atoms with E-state index in [1.165, 1.54) is 19.3 Å². The van der Waals surface area contributed by atoms with Crippen molar-refractivity contribution < 1.29 is 9.47 Å². The summed E-state index contributed by atoms with van der Waals surface area (Å²) in [6, 6.07) is 8.09.